The van der Waals surface area contributed by atoms with Crippen LogP contribution in [0.5, 0.6) is 0 Å². The molecule has 290 valence electrons. The van der Waals surface area contributed by atoms with Crippen LogP contribution in [0.1, 0.15) is 96.0 Å². The number of fused-ring (bicyclic) bond motifs is 10. The van der Waals surface area contributed by atoms with Gasteiger partial charge in [-0.05, 0) is 110 Å². The Morgan fingerprint density at radius 3 is 1.91 bits per heavy atom. The van der Waals surface area contributed by atoms with Gasteiger partial charge >= 0.3 is 0 Å². The molecule has 2 aliphatic heterocycles. The van der Waals surface area contributed by atoms with Crippen LogP contribution in [0.4, 0.5) is 4.39 Å². The predicted molar refractivity (Wildman–Crippen MR) is 217 cm³/mol. The summed E-state index contributed by atoms with van der Waals surface area (Å²) >= 11 is 6.05. The van der Waals surface area contributed by atoms with Gasteiger partial charge in [0.1, 0.15) is 11.0 Å². The van der Waals surface area contributed by atoms with Crippen LogP contribution >= 0.6 is 11.6 Å². The number of aromatic nitrogens is 4. The first-order valence-electron chi connectivity index (χ1n) is 20.0. The Morgan fingerprint density at radius 2 is 1.31 bits per heavy atom. The molecule has 0 saturated heterocycles. The number of benzene rings is 2. The quantitative estimate of drug-likeness (QED) is 0.119. The Morgan fingerprint density at radius 1 is 0.724 bits per heavy atom. The second-order valence-corrected chi connectivity index (χ2v) is 17.1. The van der Waals surface area contributed by atoms with Crippen molar-refractivity contribution in [2.75, 3.05) is 0 Å². The van der Waals surface area contributed by atoms with E-state index in [1.54, 1.807) is 12.3 Å². The number of aromatic amines is 2. The van der Waals surface area contributed by atoms with Gasteiger partial charge in [-0.25, -0.2) is 9.37 Å². The molecule has 0 bridgehead atoms. The Labute approximate surface area is 338 Å². The van der Waals surface area contributed by atoms with E-state index in [1.807, 2.05) is 48.7 Å². The normalized spacial score (nSPS) is 17.9. The number of carbonyl (C=O) groups excluding carboxylic acids is 3. The number of carbonyl (C=O) groups is 3. The molecular weight excluding hydrogens is 753 g/mol. The van der Waals surface area contributed by atoms with Crippen molar-refractivity contribution in [2.24, 2.45) is 0 Å². The van der Waals surface area contributed by atoms with Gasteiger partial charge in [0.2, 0.25) is 0 Å². The lowest BCUT2D eigenvalue weighted by Crippen LogP contribution is -2.43. The third kappa shape index (κ3) is 5.93. The molecule has 2 spiro atoms. The van der Waals surface area contributed by atoms with E-state index in [2.05, 4.69) is 35.9 Å². The van der Waals surface area contributed by atoms with Gasteiger partial charge in [-0.15, -0.1) is 0 Å². The van der Waals surface area contributed by atoms with Crippen LogP contribution in [0, 0.1) is 5.82 Å². The first-order valence-corrected chi connectivity index (χ1v) is 20.4. The summed E-state index contributed by atoms with van der Waals surface area (Å²) in [4.78, 5) is 54.0. The smallest absolute Gasteiger partial charge is 0.253 e. The number of aryl methyl sites for hydroxylation is 2. The second-order valence-electron chi connectivity index (χ2n) is 16.7. The van der Waals surface area contributed by atoms with Gasteiger partial charge in [0.25, 0.3) is 17.7 Å². The summed E-state index contributed by atoms with van der Waals surface area (Å²) in [7, 11) is 0. The van der Waals surface area contributed by atoms with Gasteiger partial charge in [0.15, 0.2) is 0 Å². The number of pyridine rings is 2. The molecule has 5 N–H and O–H groups in total. The topological polar surface area (TPSA) is 145 Å². The van der Waals surface area contributed by atoms with Crippen molar-refractivity contribution in [1.29, 1.82) is 0 Å². The predicted octanol–water partition coefficient (Wildman–Crippen LogP) is 7.38. The molecular formula is C46H39ClFN7O3. The van der Waals surface area contributed by atoms with E-state index < -0.39 is 5.82 Å². The minimum absolute atomic E-state index is 0.00856. The number of hydrogen-bond donors (Lipinski definition) is 5. The summed E-state index contributed by atoms with van der Waals surface area (Å²) in [6.07, 6.45) is 12.9. The maximum atomic E-state index is 15.0. The van der Waals surface area contributed by atoms with Crippen molar-refractivity contribution < 1.29 is 18.8 Å². The fraction of sp³-hybridized carbons (Fsp3) is 0.283. The highest BCUT2D eigenvalue weighted by molar-refractivity contribution is 6.29. The minimum Gasteiger partial charge on any atom is -0.357 e. The molecule has 3 amide bonds. The van der Waals surface area contributed by atoms with Gasteiger partial charge in [0.05, 0.1) is 28.2 Å². The molecule has 0 unspecified atom stereocenters. The van der Waals surface area contributed by atoms with E-state index in [4.69, 9.17) is 11.6 Å². The molecule has 6 aliphatic rings. The van der Waals surface area contributed by atoms with Crippen LogP contribution in [0.3, 0.4) is 0 Å². The first kappa shape index (κ1) is 35.1. The summed E-state index contributed by atoms with van der Waals surface area (Å²) in [5.74, 6) is -0.615. The van der Waals surface area contributed by atoms with Crippen LogP contribution in [0.25, 0.3) is 33.8 Å². The van der Waals surface area contributed by atoms with Crippen molar-refractivity contribution in [3.05, 3.63) is 140 Å². The molecule has 2 aromatic carbocycles. The van der Waals surface area contributed by atoms with Gasteiger partial charge in [-0.2, -0.15) is 0 Å². The number of nitrogens with zero attached hydrogens (tertiary/aromatic N) is 2. The van der Waals surface area contributed by atoms with Crippen molar-refractivity contribution in [1.82, 2.24) is 35.9 Å². The lowest BCUT2D eigenvalue weighted by molar-refractivity contribution is 0.0908. The van der Waals surface area contributed by atoms with Gasteiger partial charge < -0.3 is 25.9 Å². The molecule has 12 heteroatoms. The highest BCUT2D eigenvalue weighted by atomic mass is 35.5. The van der Waals surface area contributed by atoms with E-state index in [0.29, 0.717) is 23.0 Å². The Hall–Kier alpha value is -6.07. The van der Waals surface area contributed by atoms with Crippen LogP contribution in [0.15, 0.2) is 73.1 Å². The SMILES string of the molecule is O=C(NCc1ccccc1)c1ccc(F)c(-c2cc3c(cn2)CCc2c-3[nH]c3c2C(=O)NC2(CC2)C3)c1.O=C1NC2(CC2)Cc2[nH]c3c(c21)CCc1cnc(Cl)cc1-3. The van der Waals surface area contributed by atoms with E-state index in [0.717, 1.165) is 131 Å². The fourth-order valence-electron chi connectivity index (χ4n) is 9.46. The molecule has 12 rings (SSSR count). The lowest BCUT2D eigenvalue weighted by atomic mass is 9.87. The number of hydrogen-bond acceptors (Lipinski definition) is 5. The number of rotatable bonds is 4. The zero-order valence-electron chi connectivity index (χ0n) is 31.6. The highest BCUT2D eigenvalue weighted by Gasteiger charge is 2.50. The van der Waals surface area contributed by atoms with Crippen molar-refractivity contribution in [3.63, 3.8) is 0 Å². The molecule has 2 fully saturated rings. The Bertz CT molecular complexity index is 2750. The maximum Gasteiger partial charge on any atom is 0.253 e. The minimum atomic E-state index is -0.441. The number of amides is 3. The van der Waals surface area contributed by atoms with E-state index in [1.165, 1.54) is 17.7 Å². The monoisotopic (exact) mass is 791 g/mol. The molecule has 10 nitrogen and oxygen atoms in total. The van der Waals surface area contributed by atoms with Gasteiger partial charge in [-0.3, -0.25) is 19.4 Å². The fourth-order valence-corrected chi connectivity index (χ4v) is 9.62. The summed E-state index contributed by atoms with van der Waals surface area (Å²) in [6, 6.07) is 17.8. The number of nitrogens with one attached hydrogen (secondary N) is 5. The second kappa shape index (κ2) is 13.0. The highest BCUT2D eigenvalue weighted by Crippen LogP contribution is 2.47. The van der Waals surface area contributed by atoms with Gasteiger partial charge in [0, 0.05) is 76.5 Å². The maximum absolute atomic E-state index is 15.0. The third-order valence-electron chi connectivity index (χ3n) is 12.9. The number of halogens is 2. The summed E-state index contributed by atoms with van der Waals surface area (Å²) in [6.45, 7) is 0.388. The van der Waals surface area contributed by atoms with E-state index in [9.17, 15) is 18.8 Å². The average molecular weight is 792 g/mol. The molecule has 0 atom stereocenters. The summed E-state index contributed by atoms with van der Waals surface area (Å²) in [5, 5.41) is 9.80. The Balaban J connectivity index is 0.000000154. The zero-order chi connectivity index (χ0) is 39.3. The molecule has 4 aliphatic carbocycles. The molecule has 2 saturated carbocycles. The van der Waals surface area contributed by atoms with Crippen LogP contribution in [-0.2, 0) is 45.1 Å². The molecule has 4 aromatic heterocycles. The van der Waals surface area contributed by atoms with Gasteiger partial charge in [-0.1, -0.05) is 41.9 Å². The van der Waals surface area contributed by atoms with Crippen LogP contribution in [-0.4, -0.2) is 48.7 Å². The zero-order valence-corrected chi connectivity index (χ0v) is 32.3. The number of H-pyrrole nitrogens is 2. The first-order chi connectivity index (χ1) is 28.1. The van der Waals surface area contributed by atoms with Crippen LogP contribution < -0.4 is 16.0 Å². The average Bonchev–Trinajstić information content (AvgIpc) is 4.07. The van der Waals surface area contributed by atoms with Crippen molar-refractivity contribution >= 4 is 29.3 Å². The summed E-state index contributed by atoms with van der Waals surface area (Å²) < 4.78 is 15.0. The van der Waals surface area contributed by atoms with Crippen molar-refractivity contribution in [3.8, 4) is 33.8 Å². The standard InChI is InChI=1S/C30H25FN4O2.C16H14ClN3O/c31-23-9-7-18(28(36)33-15-17-4-2-1-3-5-17)12-22(23)24-13-21-19(16-32-24)6-8-20-26-25(34-27(20)21)14-30(10-11-30)35-29(26)37;17-12-5-10-8(7-18-12)1-2-9-13-11(19-14(9)10)6-16(3-4-16)20-15(13)21/h1-5,7,9,12-13,16,34H,6,8,10-11,14-15H2,(H,33,36)(H,35,37);5,7,19H,1-4,6H2,(H,20,21). The van der Waals surface area contributed by atoms with E-state index in [-0.39, 0.29) is 34.4 Å². The molecule has 58 heavy (non-hydrogen) atoms. The third-order valence-corrected chi connectivity index (χ3v) is 13.1. The van der Waals surface area contributed by atoms with Crippen LogP contribution in [0.2, 0.25) is 5.15 Å². The molecule has 6 aromatic rings. The molecule has 6 heterocycles. The molecule has 0 radical (unpaired) electrons. The lowest BCUT2D eigenvalue weighted by Gasteiger charge is -2.24. The summed E-state index contributed by atoms with van der Waals surface area (Å²) in [5.41, 5.74) is 14.3. The Kier molecular flexibility index (Phi) is 7.86. The van der Waals surface area contributed by atoms with Crippen molar-refractivity contribution in [2.45, 2.75) is 81.8 Å². The largest absolute Gasteiger partial charge is 0.357 e. The van der Waals surface area contributed by atoms with E-state index >= 15 is 0 Å².